The molecule has 2 aromatic rings. The van der Waals surface area contributed by atoms with Crippen LogP contribution in [0.5, 0.6) is 11.5 Å². The Labute approximate surface area is 146 Å². The first kappa shape index (κ1) is 18.1. The molecule has 0 fully saturated rings. The van der Waals surface area contributed by atoms with Gasteiger partial charge in [-0.25, -0.2) is 0 Å². The van der Waals surface area contributed by atoms with Crippen LogP contribution in [0.25, 0.3) is 0 Å². The Morgan fingerprint density at radius 1 is 1.17 bits per heavy atom. The number of hydrogen-bond donors (Lipinski definition) is 2. The van der Waals surface area contributed by atoms with E-state index in [1.54, 1.807) is 49.6 Å². The highest BCUT2D eigenvalue weighted by Gasteiger charge is 2.16. The van der Waals surface area contributed by atoms with Gasteiger partial charge in [-0.05, 0) is 42.8 Å². The maximum Gasteiger partial charge on any atom is 0.224 e. The van der Waals surface area contributed by atoms with Gasteiger partial charge >= 0.3 is 0 Å². The molecule has 0 heterocycles. The summed E-state index contributed by atoms with van der Waals surface area (Å²) in [6, 6.07) is 12.0. The highest BCUT2D eigenvalue weighted by atomic mass is 35.5. The van der Waals surface area contributed by atoms with Crippen molar-refractivity contribution < 1.29 is 19.4 Å². The van der Waals surface area contributed by atoms with Crippen LogP contribution in [-0.4, -0.2) is 25.2 Å². The molecule has 1 amide bonds. The summed E-state index contributed by atoms with van der Waals surface area (Å²) in [5, 5.41) is 13.7. The number of nitrogens with one attached hydrogen (secondary N) is 1. The molecule has 2 aromatic carbocycles. The lowest BCUT2D eigenvalue weighted by Gasteiger charge is -2.15. The van der Waals surface area contributed by atoms with Gasteiger partial charge in [-0.3, -0.25) is 4.79 Å². The number of methoxy groups -OCH3 is 2. The van der Waals surface area contributed by atoms with Gasteiger partial charge in [-0.15, -0.1) is 0 Å². The molecular formula is C18H20ClNO4. The molecule has 128 valence electrons. The molecule has 0 saturated carbocycles. The van der Waals surface area contributed by atoms with Crippen molar-refractivity contribution in [3.05, 3.63) is 53.1 Å². The normalized spacial score (nSPS) is 11.7. The summed E-state index contributed by atoms with van der Waals surface area (Å²) < 4.78 is 10.4. The fourth-order valence-corrected chi connectivity index (χ4v) is 2.40. The maximum atomic E-state index is 12.0. The Morgan fingerprint density at radius 2 is 1.88 bits per heavy atom. The number of halogens is 1. The molecular weight excluding hydrogens is 330 g/mol. The van der Waals surface area contributed by atoms with Crippen molar-refractivity contribution in [3.8, 4) is 11.5 Å². The minimum absolute atomic E-state index is 0.177. The molecule has 2 N–H and O–H groups in total. The van der Waals surface area contributed by atoms with E-state index in [0.717, 1.165) is 0 Å². The average molecular weight is 350 g/mol. The number of benzene rings is 2. The zero-order valence-electron chi connectivity index (χ0n) is 13.6. The molecule has 0 aliphatic heterocycles. The predicted molar refractivity (Wildman–Crippen MR) is 93.8 cm³/mol. The third-order valence-electron chi connectivity index (χ3n) is 3.57. The number of rotatable bonds is 7. The third kappa shape index (κ3) is 4.88. The maximum absolute atomic E-state index is 12.0. The minimum atomic E-state index is -0.804. The number of anilines is 1. The van der Waals surface area contributed by atoms with Crippen molar-refractivity contribution >= 4 is 23.2 Å². The van der Waals surface area contributed by atoms with Gasteiger partial charge in [0.2, 0.25) is 5.91 Å². The van der Waals surface area contributed by atoms with Crippen LogP contribution in [0, 0.1) is 0 Å². The number of amides is 1. The molecule has 0 aliphatic carbocycles. The van der Waals surface area contributed by atoms with E-state index >= 15 is 0 Å². The summed E-state index contributed by atoms with van der Waals surface area (Å²) in [7, 11) is 3.09. The van der Waals surface area contributed by atoms with Crippen molar-refractivity contribution in [1.29, 1.82) is 0 Å². The predicted octanol–water partition coefficient (Wildman–Crippen LogP) is 3.81. The van der Waals surface area contributed by atoms with E-state index in [4.69, 9.17) is 21.1 Å². The SMILES string of the molecule is COc1ccc(C(O)CCC(=O)Nc2ccc(Cl)cc2)c(OC)c1. The van der Waals surface area contributed by atoms with Gasteiger partial charge in [-0.2, -0.15) is 0 Å². The third-order valence-corrected chi connectivity index (χ3v) is 3.82. The lowest BCUT2D eigenvalue weighted by molar-refractivity contribution is -0.116. The van der Waals surface area contributed by atoms with Gasteiger partial charge in [0.25, 0.3) is 0 Å². The molecule has 1 atom stereocenters. The fourth-order valence-electron chi connectivity index (χ4n) is 2.27. The number of hydrogen-bond acceptors (Lipinski definition) is 4. The smallest absolute Gasteiger partial charge is 0.224 e. The lowest BCUT2D eigenvalue weighted by atomic mass is 10.0. The first-order valence-corrected chi connectivity index (χ1v) is 7.86. The van der Waals surface area contributed by atoms with Crippen LogP contribution >= 0.6 is 11.6 Å². The zero-order chi connectivity index (χ0) is 17.5. The highest BCUT2D eigenvalue weighted by molar-refractivity contribution is 6.30. The molecule has 0 radical (unpaired) electrons. The van der Waals surface area contributed by atoms with E-state index in [9.17, 15) is 9.90 Å². The van der Waals surface area contributed by atoms with Crippen LogP contribution in [-0.2, 0) is 4.79 Å². The molecule has 1 unspecified atom stereocenters. The number of aliphatic hydroxyl groups excluding tert-OH is 1. The lowest BCUT2D eigenvalue weighted by Crippen LogP contribution is -2.13. The summed E-state index contributed by atoms with van der Waals surface area (Å²) in [6.45, 7) is 0. The first-order valence-electron chi connectivity index (χ1n) is 7.49. The Balaban J connectivity index is 1.93. The standard InChI is InChI=1S/C18H20ClNO4/c1-23-14-7-8-15(17(11-14)24-2)16(21)9-10-18(22)20-13-5-3-12(19)4-6-13/h3-8,11,16,21H,9-10H2,1-2H3,(H,20,22). The van der Waals surface area contributed by atoms with Crippen LogP contribution in [0.4, 0.5) is 5.69 Å². The number of ether oxygens (including phenoxy) is 2. The van der Waals surface area contributed by atoms with Gasteiger partial charge in [-0.1, -0.05) is 11.6 Å². The molecule has 0 spiro atoms. The summed E-state index contributed by atoms with van der Waals surface area (Å²) in [5.74, 6) is 0.993. The summed E-state index contributed by atoms with van der Waals surface area (Å²) >= 11 is 5.80. The Morgan fingerprint density at radius 3 is 2.50 bits per heavy atom. The number of aliphatic hydroxyl groups is 1. The van der Waals surface area contributed by atoms with E-state index in [2.05, 4.69) is 5.32 Å². The average Bonchev–Trinajstić information content (AvgIpc) is 2.61. The van der Waals surface area contributed by atoms with Crippen LogP contribution in [0.3, 0.4) is 0 Å². The topological polar surface area (TPSA) is 67.8 Å². The molecule has 6 heteroatoms. The van der Waals surface area contributed by atoms with E-state index in [-0.39, 0.29) is 18.7 Å². The van der Waals surface area contributed by atoms with Gasteiger partial charge in [0.15, 0.2) is 0 Å². The van der Waals surface area contributed by atoms with Crippen LogP contribution < -0.4 is 14.8 Å². The monoisotopic (exact) mass is 349 g/mol. The second-order valence-corrected chi connectivity index (χ2v) is 5.65. The Hall–Kier alpha value is -2.24. The molecule has 5 nitrogen and oxygen atoms in total. The van der Waals surface area contributed by atoms with E-state index in [1.165, 1.54) is 7.11 Å². The van der Waals surface area contributed by atoms with Crippen molar-refractivity contribution in [2.75, 3.05) is 19.5 Å². The first-order chi connectivity index (χ1) is 11.5. The van der Waals surface area contributed by atoms with E-state index in [1.807, 2.05) is 0 Å². The van der Waals surface area contributed by atoms with Crippen molar-refractivity contribution in [2.24, 2.45) is 0 Å². The van der Waals surface area contributed by atoms with Crippen molar-refractivity contribution in [1.82, 2.24) is 0 Å². The van der Waals surface area contributed by atoms with Crippen molar-refractivity contribution in [2.45, 2.75) is 18.9 Å². The Kier molecular flexibility index (Phi) is 6.46. The molecule has 0 aromatic heterocycles. The van der Waals surface area contributed by atoms with Crippen LogP contribution in [0.1, 0.15) is 24.5 Å². The Bertz CT molecular complexity index is 688. The minimum Gasteiger partial charge on any atom is -0.497 e. The summed E-state index contributed by atoms with van der Waals surface area (Å²) in [5.41, 5.74) is 1.29. The zero-order valence-corrected chi connectivity index (χ0v) is 14.3. The van der Waals surface area contributed by atoms with Gasteiger partial charge in [0, 0.05) is 28.8 Å². The van der Waals surface area contributed by atoms with Crippen LogP contribution in [0.15, 0.2) is 42.5 Å². The second kappa shape index (κ2) is 8.57. The summed E-state index contributed by atoms with van der Waals surface area (Å²) in [4.78, 5) is 12.0. The van der Waals surface area contributed by atoms with E-state index < -0.39 is 6.10 Å². The van der Waals surface area contributed by atoms with Gasteiger partial charge in [0.05, 0.1) is 20.3 Å². The van der Waals surface area contributed by atoms with Crippen molar-refractivity contribution in [3.63, 3.8) is 0 Å². The highest BCUT2D eigenvalue weighted by Crippen LogP contribution is 2.31. The molecule has 0 aliphatic rings. The number of carbonyl (C=O) groups excluding carboxylic acids is 1. The largest absolute Gasteiger partial charge is 0.497 e. The van der Waals surface area contributed by atoms with E-state index in [0.29, 0.717) is 27.8 Å². The van der Waals surface area contributed by atoms with Gasteiger partial charge < -0.3 is 19.9 Å². The number of carbonyl (C=O) groups is 1. The summed E-state index contributed by atoms with van der Waals surface area (Å²) in [6.07, 6.45) is -0.344. The molecule has 2 rings (SSSR count). The van der Waals surface area contributed by atoms with Gasteiger partial charge in [0.1, 0.15) is 11.5 Å². The quantitative estimate of drug-likeness (QED) is 0.797. The van der Waals surface area contributed by atoms with Crippen LogP contribution in [0.2, 0.25) is 5.02 Å². The molecule has 0 saturated heterocycles. The molecule has 24 heavy (non-hydrogen) atoms. The fraction of sp³-hybridized carbons (Fsp3) is 0.278. The molecule has 0 bridgehead atoms. The second-order valence-electron chi connectivity index (χ2n) is 5.22.